The maximum Gasteiger partial charge on any atom is 0.180 e. The zero-order valence-corrected chi connectivity index (χ0v) is 17.6. The van der Waals surface area contributed by atoms with E-state index in [1.807, 2.05) is 24.3 Å². The highest BCUT2D eigenvalue weighted by Crippen LogP contribution is 2.37. The van der Waals surface area contributed by atoms with Crippen LogP contribution < -0.4 is 0 Å². The van der Waals surface area contributed by atoms with E-state index < -0.39 is 0 Å². The maximum absolute atomic E-state index is 5.04. The molecule has 7 aromatic rings. The topological polar surface area (TPSA) is 56.5 Å². The summed E-state index contributed by atoms with van der Waals surface area (Å²) in [5.41, 5.74) is 5.33. The summed E-state index contributed by atoms with van der Waals surface area (Å²) in [6, 6.07) is 29.2. The Morgan fingerprint density at radius 3 is 2.27 bits per heavy atom. The molecular formula is C28H17N5. The first kappa shape index (κ1) is 18.0. The first-order chi connectivity index (χ1) is 16.4. The van der Waals surface area contributed by atoms with Crippen molar-refractivity contribution in [2.45, 2.75) is 0 Å². The Labute approximate surface area is 189 Å². The van der Waals surface area contributed by atoms with Gasteiger partial charge in [-0.1, -0.05) is 42.5 Å². The summed E-state index contributed by atoms with van der Waals surface area (Å²) in [4.78, 5) is 18.7. The Hall–Kier alpha value is -4.64. The summed E-state index contributed by atoms with van der Waals surface area (Å²) in [5, 5.41) is 4.77. The van der Waals surface area contributed by atoms with Crippen LogP contribution in [-0.2, 0) is 0 Å². The minimum absolute atomic E-state index is 0.622. The lowest BCUT2D eigenvalue weighted by Crippen LogP contribution is -2.04. The number of aromatic nitrogens is 5. The van der Waals surface area contributed by atoms with Gasteiger partial charge >= 0.3 is 0 Å². The smallest absolute Gasteiger partial charge is 0.180 e. The first-order valence-corrected chi connectivity index (χ1v) is 10.8. The SMILES string of the molecule is c1ccc2cc3c(cc2c1)c1ccccc1n3-c1nc2ncccc2nc1-c1ccncc1. The molecule has 0 spiro atoms. The Kier molecular flexibility index (Phi) is 3.78. The molecule has 0 saturated heterocycles. The molecule has 0 bridgehead atoms. The monoisotopic (exact) mass is 423 g/mol. The molecular weight excluding hydrogens is 406 g/mol. The highest BCUT2D eigenvalue weighted by Gasteiger charge is 2.19. The molecule has 0 aliphatic carbocycles. The summed E-state index contributed by atoms with van der Waals surface area (Å²) in [6.07, 6.45) is 5.33. The molecule has 0 amide bonds. The van der Waals surface area contributed by atoms with Gasteiger partial charge in [-0.25, -0.2) is 15.0 Å². The summed E-state index contributed by atoms with van der Waals surface area (Å²) in [6.45, 7) is 0. The van der Waals surface area contributed by atoms with Crippen LogP contribution >= 0.6 is 0 Å². The number of hydrogen-bond donors (Lipinski definition) is 0. The van der Waals surface area contributed by atoms with Gasteiger partial charge in [0.2, 0.25) is 0 Å². The molecule has 33 heavy (non-hydrogen) atoms. The highest BCUT2D eigenvalue weighted by atomic mass is 15.1. The lowest BCUT2D eigenvalue weighted by molar-refractivity contribution is 1.06. The van der Waals surface area contributed by atoms with Crippen LogP contribution in [-0.4, -0.2) is 24.5 Å². The van der Waals surface area contributed by atoms with Crippen molar-refractivity contribution in [3.8, 4) is 17.1 Å². The number of benzene rings is 3. The van der Waals surface area contributed by atoms with Crippen LogP contribution in [0.2, 0.25) is 0 Å². The number of fused-ring (bicyclic) bond motifs is 5. The van der Waals surface area contributed by atoms with E-state index in [1.165, 1.54) is 21.5 Å². The number of hydrogen-bond acceptors (Lipinski definition) is 4. The van der Waals surface area contributed by atoms with Crippen molar-refractivity contribution in [2.75, 3.05) is 0 Å². The number of nitrogens with zero attached hydrogens (tertiary/aromatic N) is 5. The molecule has 0 aliphatic rings. The fraction of sp³-hybridized carbons (Fsp3) is 0. The summed E-state index contributed by atoms with van der Waals surface area (Å²) >= 11 is 0. The highest BCUT2D eigenvalue weighted by molar-refractivity contribution is 6.13. The molecule has 7 rings (SSSR count). The summed E-state index contributed by atoms with van der Waals surface area (Å²) in [5.74, 6) is 0.758. The zero-order valence-electron chi connectivity index (χ0n) is 17.6. The van der Waals surface area contributed by atoms with E-state index in [0.717, 1.165) is 33.6 Å². The normalized spacial score (nSPS) is 11.6. The van der Waals surface area contributed by atoms with E-state index in [9.17, 15) is 0 Å². The van der Waals surface area contributed by atoms with Crippen molar-refractivity contribution in [2.24, 2.45) is 0 Å². The molecule has 5 nitrogen and oxygen atoms in total. The lowest BCUT2D eigenvalue weighted by atomic mass is 10.1. The molecule has 0 unspecified atom stereocenters. The quantitative estimate of drug-likeness (QED) is 0.326. The Bertz CT molecular complexity index is 1820. The number of para-hydroxylation sites is 1. The van der Waals surface area contributed by atoms with Crippen LogP contribution in [0.4, 0.5) is 0 Å². The molecule has 0 N–H and O–H groups in total. The molecule has 5 heteroatoms. The van der Waals surface area contributed by atoms with Crippen LogP contribution in [0.3, 0.4) is 0 Å². The zero-order chi connectivity index (χ0) is 21.8. The molecule has 3 aromatic carbocycles. The minimum atomic E-state index is 0.622. The summed E-state index contributed by atoms with van der Waals surface area (Å²) in [7, 11) is 0. The van der Waals surface area contributed by atoms with Crippen molar-refractivity contribution in [1.29, 1.82) is 0 Å². The van der Waals surface area contributed by atoms with Crippen molar-refractivity contribution in [3.63, 3.8) is 0 Å². The van der Waals surface area contributed by atoms with E-state index in [2.05, 4.69) is 75.2 Å². The second-order valence-electron chi connectivity index (χ2n) is 8.05. The second-order valence-corrected chi connectivity index (χ2v) is 8.05. The predicted molar refractivity (Wildman–Crippen MR) is 132 cm³/mol. The van der Waals surface area contributed by atoms with Crippen LogP contribution in [0.1, 0.15) is 0 Å². The Morgan fingerprint density at radius 2 is 1.39 bits per heavy atom. The fourth-order valence-electron chi connectivity index (χ4n) is 4.63. The molecule has 0 fully saturated rings. The molecule has 0 radical (unpaired) electrons. The standard InChI is InChI=1S/C28H17N5/c1-2-7-20-17-25-22(16-19(20)6-1)21-8-3-4-10-24(21)33(25)28-26(18-11-14-29-15-12-18)31-23-9-5-13-30-27(23)32-28/h1-17H. The lowest BCUT2D eigenvalue weighted by Gasteiger charge is -2.13. The third-order valence-corrected chi connectivity index (χ3v) is 6.13. The van der Waals surface area contributed by atoms with Gasteiger partial charge in [0.15, 0.2) is 11.5 Å². The maximum atomic E-state index is 5.04. The average molecular weight is 423 g/mol. The van der Waals surface area contributed by atoms with E-state index in [0.29, 0.717) is 5.65 Å². The van der Waals surface area contributed by atoms with Crippen molar-refractivity contribution < 1.29 is 0 Å². The van der Waals surface area contributed by atoms with Crippen molar-refractivity contribution in [1.82, 2.24) is 24.5 Å². The number of pyridine rings is 2. The molecule has 0 saturated carbocycles. The molecule has 4 heterocycles. The van der Waals surface area contributed by atoms with E-state index in [1.54, 1.807) is 18.6 Å². The average Bonchev–Trinajstić information content (AvgIpc) is 3.20. The van der Waals surface area contributed by atoms with Gasteiger partial charge in [-0.3, -0.25) is 9.55 Å². The minimum Gasteiger partial charge on any atom is -0.292 e. The van der Waals surface area contributed by atoms with Crippen LogP contribution in [0, 0.1) is 0 Å². The van der Waals surface area contributed by atoms with Gasteiger partial charge in [0.05, 0.1) is 11.0 Å². The second kappa shape index (κ2) is 6.93. The van der Waals surface area contributed by atoms with Crippen molar-refractivity contribution in [3.05, 3.63) is 104 Å². The first-order valence-electron chi connectivity index (χ1n) is 10.8. The largest absolute Gasteiger partial charge is 0.292 e. The Balaban J connectivity index is 1.68. The van der Waals surface area contributed by atoms with Gasteiger partial charge in [-0.15, -0.1) is 0 Å². The summed E-state index contributed by atoms with van der Waals surface area (Å²) < 4.78 is 2.22. The Morgan fingerprint density at radius 1 is 0.606 bits per heavy atom. The number of rotatable bonds is 2. The van der Waals surface area contributed by atoms with Gasteiger partial charge in [0.25, 0.3) is 0 Å². The molecule has 154 valence electrons. The van der Waals surface area contributed by atoms with E-state index >= 15 is 0 Å². The molecule has 4 aromatic heterocycles. The van der Waals surface area contributed by atoms with Gasteiger partial charge in [0, 0.05) is 34.9 Å². The van der Waals surface area contributed by atoms with Crippen LogP contribution in [0.5, 0.6) is 0 Å². The van der Waals surface area contributed by atoms with E-state index in [4.69, 9.17) is 9.97 Å². The third-order valence-electron chi connectivity index (χ3n) is 6.13. The predicted octanol–water partition coefficient (Wildman–Crippen LogP) is 6.34. The van der Waals surface area contributed by atoms with Crippen LogP contribution in [0.15, 0.2) is 104 Å². The molecule has 0 atom stereocenters. The van der Waals surface area contributed by atoms with Gasteiger partial charge in [-0.2, -0.15) is 0 Å². The van der Waals surface area contributed by atoms with Crippen molar-refractivity contribution >= 4 is 43.7 Å². The third kappa shape index (κ3) is 2.72. The van der Waals surface area contributed by atoms with Gasteiger partial charge in [-0.05, 0) is 53.2 Å². The van der Waals surface area contributed by atoms with Gasteiger partial charge < -0.3 is 0 Å². The molecule has 0 aliphatic heterocycles. The van der Waals surface area contributed by atoms with Gasteiger partial charge in [0.1, 0.15) is 11.2 Å². The van der Waals surface area contributed by atoms with E-state index in [-0.39, 0.29) is 0 Å². The fourth-order valence-corrected chi connectivity index (χ4v) is 4.63. The van der Waals surface area contributed by atoms with Crippen LogP contribution in [0.25, 0.3) is 60.8 Å².